The Bertz CT molecular complexity index is 1110. The van der Waals surface area contributed by atoms with Crippen LogP contribution in [0.5, 0.6) is 0 Å². The van der Waals surface area contributed by atoms with Crippen LogP contribution in [-0.2, 0) is 6.42 Å². The Kier molecular flexibility index (Phi) is 3.83. The molecule has 1 N–H and O–H groups in total. The first-order chi connectivity index (χ1) is 13.3. The lowest BCUT2D eigenvalue weighted by molar-refractivity contribution is 0.0989. The Hall–Kier alpha value is -3.25. The second-order valence-electron chi connectivity index (χ2n) is 6.40. The van der Waals surface area contributed by atoms with Crippen LogP contribution in [-0.4, -0.2) is 22.4 Å². The number of carbonyl (C=O) groups excluding carboxylic acids is 1. The maximum Gasteiger partial charge on any atom is 0.259 e. The Morgan fingerprint density at radius 1 is 1.11 bits per heavy atom. The van der Waals surface area contributed by atoms with Crippen molar-refractivity contribution in [1.29, 1.82) is 0 Å². The van der Waals surface area contributed by atoms with Crippen molar-refractivity contribution in [3.63, 3.8) is 0 Å². The molecular weight excluding hydrogens is 356 g/mol. The van der Waals surface area contributed by atoms with Crippen LogP contribution in [0.2, 0.25) is 0 Å². The number of thiazole rings is 1. The molecule has 5 nitrogen and oxygen atoms in total. The lowest BCUT2D eigenvalue weighted by atomic mass is 10.1. The molecule has 0 saturated carbocycles. The summed E-state index contributed by atoms with van der Waals surface area (Å²) in [7, 11) is 0. The van der Waals surface area contributed by atoms with E-state index in [0.29, 0.717) is 12.1 Å². The van der Waals surface area contributed by atoms with Crippen molar-refractivity contribution >= 4 is 44.0 Å². The molecule has 2 aromatic carbocycles. The highest BCUT2D eigenvalue weighted by atomic mass is 32.1. The molecule has 4 aromatic rings. The maximum absolute atomic E-state index is 12.7. The quantitative estimate of drug-likeness (QED) is 0.569. The van der Waals surface area contributed by atoms with Crippen LogP contribution in [0.15, 0.2) is 67.0 Å². The summed E-state index contributed by atoms with van der Waals surface area (Å²) in [6.07, 6.45) is 4.13. The fourth-order valence-electron chi connectivity index (χ4n) is 3.38. The number of para-hydroxylation sites is 1. The Labute approximate surface area is 160 Å². The molecule has 0 spiro atoms. The van der Waals surface area contributed by atoms with E-state index in [9.17, 15) is 4.79 Å². The van der Waals surface area contributed by atoms with Crippen molar-refractivity contribution in [1.82, 2.24) is 9.97 Å². The van der Waals surface area contributed by atoms with Gasteiger partial charge in [-0.3, -0.25) is 9.78 Å². The molecular formula is C21H16N4OS. The lowest BCUT2D eigenvalue weighted by Gasteiger charge is -2.17. The van der Waals surface area contributed by atoms with Gasteiger partial charge in [-0.1, -0.05) is 23.5 Å². The first kappa shape index (κ1) is 16.0. The minimum Gasteiger partial charge on any atom is -0.332 e. The van der Waals surface area contributed by atoms with Gasteiger partial charge in [-0.15, -0.1) is 0 Å². The molecule has 3 heterocycles. The Morgan fingerprint density at radius 2 is 2.04 bits per heavy atom. The molecule has 5 rings (SSSR count). The molecule has 1 aliphatic rings. The summed E-state index contributed by atoms with van der Waals surface area (Å²) in [4.78, 5) is 23.2. The number of benzene rings is 2. The second kappa shape index (κ2) is 6.48. The van der Waals surface area contributed by atoms with Gasteiger partial charge in [0.05, 0.1) is 15.8 Å². The molecule has 132 valence electrons. The number of aromatic nitrogens is 2. The molecule has 0 aliphatic carbocycles. The maximum atomic E-state index is 12.7. The summed E-state index contributed by atoms with van der Waals surface area (Å²) >= 11 is 1.63. The standard InChI is InChI=1S/C21H16N4OS/c26-20(15-4-3-10-22-13-15)25-11-9-14-12-16(7-8-18(14)25)23-21-24-17-5-1-2-6-19(17)27-21/h1-8,10,12-13H,9,11H2,(H,23,24). The normalized spacial score (nSPS) is 13.0. The minimum absolute atomic E-state index is 0.00580. The summed E-state index contributed by atoms with van der Waals surface area (Å²) in [5.74, 6) is -0.00580. The summed E-state index contributed by atoms with van der Waals surface area (Å²) in [5.41, 5.74) is 4.74. The molecule has 0 unspecified atom stereocenters. The average Bonchev–Trinajstić information content (AvgIpc) is 3.31. The number of nitrogens with zero attached hydrogens (tertiary/aromatic N) is 3. The van der Waals surface area contributed by atoms with E-state index < -0.39 is 0 Å². The summed E-state index contributed by atoms with van der Waals surface area (Å²) in [5, 5.41) is 4.27. The van der Waals surface area contributed by atoms with E-state index >= 15 is 0 Å². The van der Waals surface area contributed by atoms with Gasteiger partial charge in [-0.2, -0.15) is 0 Å². The van der Waals surface area contributed by atoms with Gasteiger partial charge in [0, 0.05) is 30.3 Å². The zero-order valence-electron chi connectivity index (χ0n) is 14.4. The Morgan fingerprint density at radius 3 is 2.89 bits per heavy atom. The highest BCUT2D eigenvalue weighted by Crippen LogP contribution is 2.34. The van der Waals surface area contributed by atoms with Gasteiger partial charge in [0.25, 0.3) is 5.91 Å². The number of carbonyl (C=O) groups is 1. The number of nitrogens with one attached hydrogen (secondary N) is 1. The van der Waals surface area contributed by atoms with E-state index in [1.165, 1.54) is 5.56 Å². The fraction of sp³-hybridized carbons (Fsp3) is 0.0952. The first-order valence-electron chi connectivity index (χ1n) is 8.75. The van der Waals surface area contributed by atoms with Crippen LogP contribution in [0.3, 0.4) is 0 Å². The zero-order valence-corrected chi connectivity index (χ0v) is 15.2. The topological polar surface area (TPSA) is 58.1 Å². The highest BCUT2D eigenvalue weighted by Gasteiger charge is 2.25. The molecule has 1 amide bonds. The van der Waals surface area contributed by atoms with Crippen molar-refractivity contribution in [3.05, 3.63) is 78.1 Å². The summed E-state index contributed by atoms with van der Waals surface area (Å²) in [6.45, 7) is 0.688. The number of hydrogen-bond donors (Lipinski definition) is 1. The molecule has 0 saturated heterocycles. The molecule has 0 fully saturated rings. The van der Waals surface area contributed by atoms with E-state index in [-0.39, 0.29) is 5.91 Å². The van der Waals surface area contributed by atoms with E-state index in [1.54, 1.807) is 35.9 Å². The molecule has 0 radical (unpaired) electrons. The Balaban J connectivity index is 1.40. The number of amides is 1. The van der Waals surface area contributed by atoms with Crippen molar-refractivity contribution in [2.24, 2.45) is 0 Å². The second-order valence-corrected chi connectivity index (χ2v) is 7.43. The summed E-state index contributed by atoms with van der Waals surface area (Å²) in [6, 6.07) is 17.8. The molecule has 6 heteroatoms. The van der Waals surface area contributed by atoms with Gasteiger partial charge in [-0.25, -0.2) is 4.98 Å². The van der Waals surface area contributed by atoms with E-state index in [4.69, 9.17) is 0 Å². The first-order valence-corrected chi connectivity index (χ1v) is 9.57. The molecule has 0 bridgehead atoms. The third kappa shape index (κ3) is 2.94. The van der Waals surface area contributed by atoms with Gasteiger partial charge in [-0.05, 0) is 54.4 Å². The van der Waals surface area contributed by atoms with Crippen molar-refractivity contribution in [3.8, 4) is 0 Å². The van der Waals surface area contributed by atoms with E-state index in [1.807, 2.05) is 35.2 Å². The molecule has 2 aromatic heterocycles. The van der Waals surface area contributed by atoms with Gasteiger partial charge >= 0.3 is 0 Å². The van der Waals surface area contributed by atoms with Crippen molar-refractivity contribution in [2.75, 3.05) is 16.8 Å². The molecule has 0 atom stereocenters. The minimum atomic E-state index is -0.00580. The smallest absolute Gasteiger partial charge is 0.259 e. The monoisotopic (exact) mass is 372 g/mol. The largest absolute Gasteiger partial charge is 0.332 e. The lowest BCUT2D eigenvalue weighted by Crippen LogP contribution is -2.28. The van der Waals surface area contributed by atoms with Crippen LogP contribution in [0.1, 0.15) is 15.9 Å². The van der Waals surface area contributed by atoms with E-state index in [0.717, 1.165) is 33.1 Å². The zero-order chi connectivity index (χ0) is 18.2. The average molecular weight is 372 g/mol. The van der Waals surface area contributed by atoms with Gasteiger partial charge < -0.3 is 10.2 Å². The fourth-order valence-corrected chi connectivity index (χ4v) is 4.27. The SMILES string of the molecule is O=C(c1cccnc1)N1CCc2cc(Nc3nc4ccccc4s3)ccc21. The number of pyridine rings is 1. The van der Waals surface area contributed by atoms with Crippen LogP contribution in [0.4, 0.5) is 16.5 Å². The van der Waals surface area contributed by atoms with E-state index in [2.05, 4.69) is 27.4 Å². The van der Waals surface area contributed by atoms with Gasteiger partial charge in [0.15, 0.2) is 5.13 Å². The van der Waals surface area contributed by atoms with Crippen LogP contribution in [0, 0.1) is 0 Å². The van der Waals surface area contributed by atoms with Gasteiger partial charge in [0.2, 0.25) is 0 Å². The highest BCUT2D eigenvalue weighted by molar-refractivity contribution is 7.22. The predicted octanol–water partition coefficient (Wildman–Crippen LogP) is 4.64. The molecule has 27 heavy (non-hydrogen) atoms. The summed E-state index contributed by atoms with van der Waals surface area (Å²) < 4.78 is 1.16. The number of fused-ring (bicyclic) bond motifs is 2. The van der Waals surface area contributed by atoms with Gasteiger partial charge in [0.1, 0.15) is 0 Å². The third-order valence-corrected chi connectivity index (χ3v) is 5.63. The molecule has 1 aliphatic heterocycles. The van der Waals surface area contributed by atoms with Crippen LogP contribution in [0.25, 0.3) is 10.2 Å². The number of rotatable bonds is 3. The van der Waals surface area contributed by atoms with Crippen molar-refractivity contribution < 1.29 is 4.79 Å². The van der Waals surface area contributed by atoms with Crippen LogP contribution < -0.4 is 10.2 Å². The van der Waals surface area contributed by atoms with Crippen LogP contribution >= 0.6 is 11.3 Å². The number of anilines is 3. The predicted molar refractivity (Wildman–Crippen MR) is 109 cm³/mol. The van der Waals surface area contributed by atoms with Crippen molar-refractivity contribution in [2.45, 2.75) is 6.42 Å². The number of hydrogen-bond acceptors (Lipinski definition) is 5. The third-order valence-electron chi connectivity index (χ3n) is 4.67.